The number of nitrogens with one attached hydrogen (secondary N) is 3. The van der Waals surface area contributed by atoms with E-state index in [1.54, 1.807) is 42.5 Å². The van der Waals surface area contributed by atoms with Crippen molar-refractivity contribution in [2.75, 3.05) is 10.6 Å². The van der Waals surface area contributed by atoms with Crippen LogP contribution in [0, 0.1) is 6.92 Å². The van der Waals surface area contributed by atoms with Crippen LogP contribution in [0.1, 0.15) is 28.4 Å². The van der Waals surface area contributed by atoms with Gasteiger partial charge in [0.05, 0.1) is 15.5 Å². The molecule has 3 N–H and O–H groups in total. The Bertz CT molecular complexity index is 2080. The molecule has 0 spiro atoms. The Morgan fingerprint density at radius 3 is 2.37 bits per heavy atom. The zero-order chi connectivity index (χ0) is 32.0. The van der Waals surface area contributed by atoms with Crippen LogP contribution in [0.3, 0.4) is 0 Å². The summed E-state index contributed by atoms with van der Waals surface area (Å²) >= 11 is 2.86. The van der Waals surface area contributed by atoms with Crippen molar-refractivity contribution in [2.24, 2.45) is 0 Å². The van der Waals surface area contributed by atoms with Crippen LogP contribution in [0.4, 0.5) is 10.8 Å². The van der Waals surface area contributed by atoms with Crippen LogP contribution in [0.2, 0.25) is 0 Å². The number of carbonyl (C=O) groups excluding carboxylic acids is 3. The number of fused-ring (bicyclic) bond motifs is 2. The largest absolute Gasteiger partial charge is 0.321 e. The first-order valence-electron chi connectivity index (χ1n) is 14.6. The van der Waals surface area contributed by atoms with Crippen LogP contribution in [-0.2, 0) is 9.59 Å². The Labute approximate surface area is 274 Å². The Hall–Kier alpha value is -5.25. The van der Waals surface area contributed by atoms with Crippen LogP contribution in [-0.4, -0.2) is 28.0 Å². The van der Waals surface area contributed by atoms with Gasteiger partial charge in [-0.15, -0.1) is 11.8 Å². The van der Waals surface area contributed by atoms with Crippen molar-refractivity contribution in [3.63, 3.8) is 0 Å². The van der Waals surface area contributed by atoms with Crippen LogP contribution in [0.25, 0.3) is 27.1 Å². The van der Waals surface area contributed by atoms with E-state index in [-0.39, 0.29) is 22.8 Å². The van der Waals surface area contributed by atoms with E-state index >= 15 is 0 Å². The molecule has 0 aliphatic carbocycles. The fourth-order valence-electron chi connectivity index (χ4n) is 4.84. The third-order valence-corrected chi connectivity index (χ3v) is 9.27. The molecule has 0 aliphatic heterocycles. The number of aryl methyl sites for hydroxylation is 1. The predicted molar refractivity (Wildman–Crippen MR) is 189 cm³/mol. The molecule has 0 radical (unpaired) electrons. The van der Waals surface area contributed by atoms with Gasteiger partial charge in [0.2, 0.25) is 5.91 Å². The first kappa shape index (κ1) is 30.8. The minimum atomic E-state index is -0.462. The predicted octanol–water partition coefficient (Wildman–Crippen LogP) is 8.29. The average molecular weight is 643 g/mol. The van der Waals surface area contributed by atoms with Crippen molar-refractivity contribution in [3.8, 4) is 0 Å². The Morgan fingerprint density at radius 1 is 0.826 bits per heavy atom. The van der Waals surface area contributed by atoms with Crippen molar-refractivity contribution in [3.05, 3.63) is 138 Å². The number of carbonyl (C=O) groups is 3. The van der Waals surface area contributed by atoms with Gasteiger partial charge in [0.25, 0.3) is 11.8 Å². The fraction of sp³-hybridized carbons (Fsp3) is 0.0811. The monoisotopic (exact) mass is 642 g/mol. The standard InChI is InChI=1S/C37H30N4O3S2/c1-23-15-20-31-33(21-23)46-37(40-31)41-34(42)24(2)45-29-18-16-28(17-19-29)38-36(44)32(39-35(43)26-10-4-3-5-11-26)22-27-13-8-12-25-9-6-7-14-30(25)27/h3-22,24H,1-2H3,(H,38,44)(H,39,43)(H,40,41,42)/b32-22-. The lowest BCUT2D eigenvalue weighted by atomic mass is 10.0. The SMILES string of the molecule is Cc1ccc2nc(NC(=O)C(C)Sc3ccc(NC(=O)/C(=C/c4cccc5ccccc45)NC(=O)c4ccccc4)cc3)sc2c1. The molecule has 6 aromatic rings. The molecule has 9 heteroatoms. The molecule has 5 aromatic carbocycles. The van der Waals surface area contributed by atoms with Gasteiger partial charge < -0.3 is 16.0 Å². The minimum Gasteiger partial charge on any atom is -0.321 e. The van der Waals surface area contributed by atoms with Gasteiger partial charge in [0.15, 0.2) is 5.13 Å². The topological polar surface area (TPSA) is 100 Å². The molecule has 228 valence electrons. The second kappa shape index (κ2) is 13.8. The summed E-state index contributed by atoms with van der Waals surface area (Å²) in [6.45, 7) is 3.87. The highest BCUT2D eigenvalue weighted by molar-refractivity contribution is 8.00. The smallest absolute Gasteiger partial charge is 0.272 e. The third-order valence-electron chi connectivity index (χ3n) is 7.22. The molecule has 3 amide bonds. The Kier molecular flexibility index (Phi) is 9.23. The zero-order valence-corrected chi connectivity index (χ0v) is 26.7. The average Bonchev–Trinajstić information content (AvgIpc) is 3.47. The van der Waals surface area contributed by atoms with Gasteiger partial charge in [0.1, 0.15) is 5.70 Å². The van der Waals surface area contributed by atoms with Crippen molar-refractivity contribution in [1.82, 2.24) is 10.3 Å². The number of rotatable bonds is 9. The van der Waals surface area contributed by atoms with E-state index < -0.39 is 5.91 Å². The van der Waals surface area contributed by atoms with Gasteiger partial charge in [-0.25, -0.2) is 4.98 Å². The van der Waals surface area contributed by atoms with Gasteiger partial charge in [-0.3, -0.25) is 14.4 Å². The molecule has 6 rings (SSSR count). The first-order valence-corrected chi connectivity index (χ1v) is 16.3. The third kappa shape index (κ3) is 7.34. The molecule has 0 saturated heterocycles. The van der Waals surface area contributed by atoms with Crippen LogP contribution in [0.15, 0.2) is 126 Å². The van der Waals surface area contributed by atoms with Crippen LogP contribution < -0.4 is 16.0 Å². The number of hydrogen-bond donors (Lipinski definition) is 3. The number of thiazole rings is 1. The van der Waals surface area contributed by atoms with E-state index in [1.807, 2.05) is 86.6 Å². The second-order valence-corrected chi connectivity index (χ2v) is 13.1. The van der Waals surface area contributed by atoms with Crippen LogP contribution in [0.5, 0.6) is 0 Å². The highest BCUT2D eigenvalue weighted by Crippen LogP contribution is 2.29. The van der Waals surface area contributed by atoms with Gasteiger partial charge in [-0.2, -0.15) is 0 Å². The second-order valence-electron chi connectivity index (χ2n) is 10.7. The molecule has 46 heavy (non-hydrogen) atoms. The molecular weight excluding hydrogens is 613 g/mol. The van der Waals surface area contributed by atoms with Gasteiger partial charge >= 0.3 is 0 Å². The van der Waals surface area contributed by atoms with E-state index in [4.69, 9.17) is 0 Å². The molecule has 1 atom stereocenters. The van der Waals surface area contributed by atoms with Crippen molar-refractivity contribution >= 4 is 78.7 Å². The molecule has 0 aliphatic rings. The lowest BCUT2D eigenvalue weighted by Crippen LogP contribution is -2.30. The van der Waals surface area contributed by atoms with Crippen LogP contribution >= 0.6 is 23.1 Å². The number of thioether (sulfide) groups is 1. The van der Waals surface area contributed by atoms with Gasteiger partial charge in [0, 0.05) is 16.1 Å². The molecule has 1 aromatic heterocycles. The van der Waals surface area contributed by atoms with E-state index in [0.29, 0.717) is 16.4 Å². The minimum absolute atomic E-state index is 0.110. The molecule has 0 fully saturated rings. The maximum absolute atomic E-state index is 13.6. The maximum Gasteiger partial charge on any atom is 0.272 e. The molecule has 1 unspecified atom stereocenters. The summed E-state index contributed by atoms with van der Waals surface area (Å²) < 4.78 is 1.03. The highest BCUT2D eigenvalue weighted by atomic mass is 32.2. The van der Waals surface area contributed by atoms with E-state index in [9.17, 15) is 14.4 Å². The Morgan fingerprint density at radius 2 is 1.57 bits per heavy atom. The summed E-state index contributed by atoms with van der Waals surface area (Å²) in [6, 6.07) is 35.7. The van der Waals surface area contributed by atoms with Gasteiger partial charge in [-0.1, -0.05) is 78.1 Å². The molecule has 0 saturated carbocycles. The maximum atomic E-state index is 13.6. The normalized spacial score (nSPS) is 12.1. The van der Waals surface area contributed by atoms with Crippen molar-refractivity contribution < 1.29 is 14.4 Å². The molecule has 1 heterocycles. The summed E-state index contributed by atoms with van der Waals surface area (Å²) in [5.41, 5.74) is 3.91. The van der Waals surface area contributed by atoms with Crippen molar-refractivity contribution in [2.45, 2.75) is 24.0 Å². The summed E-state index contributed by atoms with van der Waals surface area (Å²) in [5, 5.41) is 10.8. The van der Waals surface area contributed by atoms with E-state index in [2.05, 4.69) is 27.0 Å². The Balaban J connectivity index is 1.15. The summed E-state index contributed by atoms with van der Waals surface area (Å²) in [7, 11) is 0. The number of hydrogen-bond acceptors (Lipinski definition) is 6. The number of anilines is 2. The van der Waals surface area contributed by atoms with Gasteiger partial charge in [-0.05, 0) is 90.4 Å². The zero-order valence-electron chi connectivity index (χ0n) is 25.1. The van der Waals surface area contributed by atoms with Crippen molar-refractivity contribution in [1.29, 1.82) is 0 Å². The molecule has 7 nitrogen and oxygen atoms in total. The number of amides is 3. The lowest BCUT2D eigenvalue weighted by Gasteiger charge is -2.13. The molecular formula is C37H30N4O3S2. The lowest BCUT2D eigenvalue weighted by molar-refractivity contribution is -0.115. The molecule has 0 bridgehead atoms. The highest BCUT2D eigenvalue weighted by Gasteiger charge is 2.18. The summed E-state index contributed by atoms with van der Waals surface area (Å²) in [5.74, 6) is -0.992. The van der Waals surface area contributed by atoms with E-state index in [0.717, 1.165) is 37.0 Å². The number of aromatic nitrogens is 1. The number of benzene rings is 5. The first-order chi connectivity index (χ1) is 22.3. The quantitative estimate of drug-likeness (QED) is 0.109. The number of nitrogens with zero attached hydrogens (tertiary/aromatic N) is 1. The summed E-state index contributed by atoms with van der Waals surface area (Å²) in [4.78, 5) is 44.9. The summed E-state index contributed by atoms with van der Waals surface area (Å²) in [6.07, 6.45) is 1.69. The van der Waals surface area contributed by atoms with E-state index in [1.165, 1.54) is 23.1 Å². The fourth-order valence-corrected chi connectivity index (χ4v) is 6.67.